The Morgan fingerprint density at radius 3 is 2.58 bits per heavy atom. The summed E-state index contributed by atoms with van der Waals surface area (Å²) in [6.07, 6.45) is 6.86. The van der Waals surface area contributed by atoms with E-state index in [-0.39, 0.29) is 6.10 Å². The molecule has 0 heterocycles. The number of aliphatic hydroxyl groups excluding tert-OH is 1. The lowest BCUT2D eigenvalue weighted by Gasteiger charge is -2.26. The van der Waals surface area contributed by atoms with Gasteiger partial charge in [0.2, 0.25) is 0 Å². The molecule has 2 aliphatic carbocycles. The van der Waals surface area contributed by atoms with Crippen molar-refractivity contribution in [3.63, 3.8) is 0 Å². The van der Waals surface area contributed by atoms with Crippen molar-refractivity contribution in [3.05, 3.63) is 0 Å². The fraction of sp³-hybridized carbons (Fsp3) is 1.00. The molecule has 0 spiro atoms. The summed E-state index contributed by atoms with van der Waals surface area (Å²) in [5.74, 6) is 1.38. The molecule has 2 heteroatoms. The second-order valence-electron chi connectivity index (χ2n) is 4.50. The first kappa shape index (κ1) is 8.52. The SMILES string of the molecule is N[C@H]1C2CCC[C@@H](O)CC1CC2. The fourth-order valence-electron chi connectivity index (χ4n) is 2.89. The van der Waals surface area contributed by atoms with E-state index in [1.807, 2.05) is 0 Å². The molecule has 12 heavy (non-hydrogen) atoms. The highest BCUT2D eigenvalue weighted by Gasteiger charge is 2.35. The highest BCUT2D eigenvalue weighted by Crippen LogP contribution is 2.38. The van der Waals surface area contributed by atoms with E-state index >= 15 is 0 Å². The Bertz CT molecular complexity index is 160. The number of nitrogens with two attached hydrogens (primary N) is 1. The largest absolute Gasteiger partial charge is 0.393 e. The van der Waals surface area contributed by atoms with Crippen LogP contribution in [0.25, 0.3) is 0 Å². The lowest BCUT2D eigenvalue weighted by atomic mass is 9.86. The number of rotatable bonds is 0. The molecule has 2 nitrogen and oxygen atoms in total. The zero-order valence-electron chi connectivity index (χ0n) is 7.58. The average Bonchev–Trinajstić information content (AvgIpc) is 2.39. The zero-order valence-corrected chi connectivity index (χ0v) is 7.58. The van der Waals surface area contributed by atoms with Crippen LogP contribution in [0.1, 0.15) is 38.5 Å². The Hall–Kier alpha value is -0.0800. The van der Waals surface area contributed by atoms with Crippen molar-refractivity contribution >= 4 is 0 Å². The predicted molar refractivity (Wildman–Crippen MR) is 48.7 cm³/mol. The van der Waals surface area contributed by atoms with Gasteiger partial charge in [-0.2, -0.15) is 0 Å². The van der Waals surface area contributed by atoms with Crippen molar-refractivity contribution in [2.45, 2.75) is 50.7 Å². The summed E-state index contributed by atoms with van der Waals surface area (Å²) in [6.45, 7) is 0. The van der Waals surface area contributed by atoms with Crippen LogP contribution in [0.5, 0.6) is 0 Å². The third kappa shape index (κ3) is 1.50. The van der Waals surface area contributed by atoms with Crippen LogP contribution >= 0.6 is 0 Å². The molecule has 0 amide bonds. The minimum atomic E-state index is -0.0694. The summed E-state index contributed by atoms with van der Waals surface area (Å²) in [5.41, 5.74) is 6.10. The molecule has 3 N–H and O–H groups in total. The predicted octanol–water partition coefficient (Wildman–Crippen LogP) is 1.27. The molecule has 0 aliphatic heterocycles. The van der Waals surface area contributed by atoms with E-state index in [2.05, 4.69) is 0 Å². The van der Waals surface area contributed by atoms with Crippen LogP contribution in [-0.2, 0) is 0 Å². The Morgan fingerprint density at radius 2 is 1.75 bits per heavy atom. The van der Waals surface area contributed by atoms with Crippen LogP contribution in [0.3, 0.4) is 0 Å². The molecule has 0 aromatic rings. The van der Waals surface area contributed by atoms with Crippen LogP contribution in [0.4, 0.5) is 0 Å². The van der Waals surface area contributed by atoms with Gasteiger partial charge in [0.15, 0.2) is 0 Å². The Labute approximate surface area is 74.1 Å². The van der Waals surface area contributed by atoms with Gasteiger partial charge in [-0.3, -0.25) is 0 Å². The van der Waals surface area contributed by atoms with Gasteiger partial charge < -0.3 is 10.8 Å². The second kappa shape index (κ2) is 3.35. The Kier molecular flexibility index (Phi) is 2.37. The summed E-state index contributed by atoms with van der Waals surface area (Å²) in [7, 11) is 0. The van der Waals surface area contributed by atoms with Crippen LogP contribution in [0.15, 0.2) is 0 Å². The Morgan fingerprint density at radius 1 is 1.00 bits per heavy atom. The minimum Gasteiger partial charge on any atom is -0.393 e. The number of hydrogen-bond donors (Lipinski definition) is 2. The first-order chi connectivity index (χ1) is 5.77. The summed E-state index contributed by atoms with van der Waals surface area (Å²) in [5, 5.41) is 9.60. The van der Waals surface area contributed by atoms with Crippen LogP contribution in [0, 0.1) is 11.8 Å². The lowest BCUT2D eigenvalue weighted by Crippen LogP contribution is -2.34. The molecule has 2 saturated carbocycles. The molecular formula is C10H19NO. The molecule has 0 radical (unpaired) electrons. The average molecular weight is 169 g/mol. The third-order valence-electron chi connectivity index (χ3n) is 3.68. The quantitative estimate of drug-likeness (QED) is 0.573. The van der Waals surface area contributed by atoms with Gasteiger partial charge in [0.1, 0.15) is 0 Å². The van der Waals surface area contributed by atoms with Crippen LogP contribution in [-0.4, -0.2) is 17.3 Å². The van der Waals surface area contributed by atoms with E-state index in [4.69, 9.17) is 5.73 Å². The summed E-state index contributed by atoms with van der Waals surface area (Å²) < 4.78 is 0. The number of fused-ring (bicyclic) bond motifs is 2. The van der Waals surface area contributed by atoms with E-state index in [0.29, 0.717) is 12.0 Å². The normalized spacial score (nSPS) is 48.5. The highest BCUT2D eigenvalue weighted by molar-refractivity contribution is 4.90. The minimum absolute atomic E-state index is 0.0694. The van der Waals surface area contributed by atoms with Crippen molar-refractivity contribution in [1.82, 2.24) is 0 Å². The summed E-state index contributed by atoms with van der Waals surface area (Å²) in [4.78, 5) is 0. The van der Waals surface area contributed by atoms with Gasteiger partial charge in [0.25, 0.3) is 0 Å². The van der Waals surface area contributed by atoms with E-state index in [9.17, 15) is 5.11 Å². The van der Waals surface area contributed by atoms with E-state index in [0.717, 1.165) is 18.8 Å². The maximum Gasteiger partial charge on any atom is 0.0543 e. The molecule has 4 atom stereocenters. The molecule has 2 bridgehead atoms. The first-order valence-electron chi connectivity index (χ1n) is 5.21. The second-order valence-corrected chi connectivity index (χ2v) is 4.50. The Balaban J connectivity index is 2.03. The van der Waals surface area contributed by atoms with Crippen molar-refractivity contribution in [3.8, 4) is 0 Å². The zero-order chi connectivity index (χ0) is 8.55. The summed E-state index contributed by atoms with van der Waals surface area (Å²) in [6, 6.07) is 0.389. The monoisotopic (exact) mass is 169 g/mol. The van der Waals surface area contributed by atoms with E-state index in [1.54, 1.807) is 0 Å². The van der Waals surface area contributed by atoms with E-state index < -0.39 is 0 Å². The fourth-order valence-corrected chi connectivity index (χ4v) is 2.89. The first-order valence-corrected chi connectivity index (χ1v) is 5.21. The van der Waals surface area contributed by atoms with E-state index in [1.165, 1.54) is 25.7 Å². The van der Waals surface area contributed by atoms with Gasteiger partial charge in [0.05, 0.1) is 6.10 Å². The number of aliphatic hydroxyl groups is 1. The van der Waals surface area contributed by atoms with Crippen molar-refractivity contribution in [1.29, 1.82) is 0 Å². The molecule has 2 unspecified atom stereocenters. The van der Waals surface area contributed by atoms with Crippen molar-refractivity contribution < 1.29 is 5.11 Å². The van der Waals surface area contributed by atoms with Gasteiger partial charge in [-0.05, 0) is 43.9 Å². The van der Waals surface area contributed by atoms with Gasteiger partial charge >= 0.3 is 0 Å². The maximum absolute atomic E-state index is 9.60. The van der Waals surface area contributed by atoms with Gasteiger partial charge in [-0.15, -0.1) is 0 Å². The van der Waals surface area contributed by atoms with Crippen molar-refractivity contribution in [2.24, 2.45) is 17.6 Å². The molecule has 2 aliphatic rings. The topological polar surface area (TPSA) is 46.2 Å². The van der Waals surface area contributed by atoms with Crippen LogP contribution in [0.2, 0.25) is 0 Å². The molecule has 0 saturated heterocycles. The number of hydrogen-bond acceptors (Lipinski definition) is 2. The van der Waals surface area contributed by atoms with Crippen molar-refractivity contribution in [2.75, 3.05) is 0 Å². The smallest absolute Gasteiger partial charge is 0.0543 e. The standard InChI is InChI=1S/C10H19NO/c11-10-7-2-1-3-9(12)6-8(10)5-4-7/h7-10,12H,1-6,11H2/t7?,8?,9-,10+/m1/s1. The molecule has 2 fully saturated rings. The molecule has 0 aromatic heterocycles. The molecule has 2 rings (SSSR count). The van der Waals surface area contributed by atoms with Gasteiger partial charge in [-0.1, -0.05) is 6.42 Å². The molecule has 70 valence electrons. The third-order valence-corrected chi connectivity index (χ3v) is 3.68. The van der Waals surface area contributed by atoms with Gasteiger partial charge in [0, 0.05) is 6.04 Å². The van der Waals surface area contributed by atoms with Crippen LogP contribution < -0.4 is 5.73 Å². The maximum atomic E-state index is 9.60. The molecule has 0 aromatic carbocycles. The molecular weight excluding hydrogens is 150 g/mol. The van der Waals surface area contributed by atoms with Gasteiger partial charge in [-0.25, -0.2) is 0 Å². The summed E-state index contributed by atoms with van der Waals surface area (Å²) >= 11 is 0. The highest BCUT2D eigenvalue weighted by atomic mass is 16.3. The lowest BCUT2D eigenvalue weighted by molar-refractivity contribution is 0.115.